The summed E-state index contributed by atoms with van der Waals surface area (Å²) in [6.45, 7) is 4.06. The molecule has 0 aromatic rings. The van der Waals surface area contributed by atoms with Crippen molar-refractivity contribution in [3.63, 3.8) is 0 Å². The fraction of sp³-hybridized carbons (Fsp3) is 0.768. The second kappa shape index (κ2) is 64.4. The van der Waals surface area contributed by atoms with Crippen LogP contribution in [0.4, 0.5) is 0 Å². The van der Waals surface area contributed by atoms with Crippen LogP contribution in [-0.4, -0.2) is 36.4 Å². The van der Waals surface area contributed by atoms with Crippen LogP contribution in [0, 0.1) is 0 Å². The Labute approximate surface area is 460 Å². The van der Waals surface area contributed by atoms with E-state index >= 15 is 0 Å². The number of hydrogen-bond acceptors (Lipinski definition) is 5. The van der Waals surface area contributed by atoms with E-state index < -0.39 is 6.10 Å². The molecule has 0 bridgehead atoms. The lowest BCUT2D eigenvalue weighted by molar-refractivity contribution is -0.161. The molecular formula is C69H122O5. The molecule has 1 N–H and O–H groups in total. The van der Waals surface area contributed by atoms with Crippen LogP contribution in [-0.2, 0) is 19.1 Å². The standard InChI is InChI=1S/C69H122O5/c1-3-5-7-9-11-13-15-17-19-21-23-25-27-29-31-33-34-36-37-39-41-43-45-47-49-51-53-55-57-59-61-63-68(71)73-66-67(65-70)74-69(72)64-62-60-58-56-54-52-50-48-46-44-42-40-38-35-32-30-28-26-24-22-20-18-16-14-12-10-8-6-4-2/h6,8,12,14,18,20,24,26,30,32,38,40,44,46,67,70H,3-5,7,9-11,13,15-17,19,21-23,25,27-29,31,33-37,39,41-43,45,47-66H2,1-2H3/b8-6-,14-12-,20-18-,26-24-,32-30-,40-38-,46-44-. The molecule has 0 aliphatic rings. The van der Waals surface area contributed by atoms with Crippen molar-refractivity contribution in [2.45, 2.75) is 328 Å². The maximum absolute atomic E-state index is 12.3. The molecule has 1 unspecified atom stereocenters. The highest BCUT2D eigenvalue weighted by Crippen LogP contribution is 2.18. The molecule has 0 radical (unpaired) electrons. The Morgan fingerprint density at radius 2 is 0.581 bits per heavy atom. The van der Waals surface area contributed by atoms with Crippen molar-refractivity contribution in [1.29, 1.82) is 0 Å². The number of hydrogen-bond donors (Lipinski definition) is 1. The Kier molecular flexibility index (Phi) is 61.8. The number of rotatable bonds is 59. The van der Waals surface area contributed by atoms with Crippen LogP contribution in [0.15, 0.2) is 85.1 Å². The van der Waals surface area contributed by atoms with Crippen LogP contribution in [0.3, 0.4) is 0 Å². The first kappa shape index (κ1) is 71.1. The molecule has 5 heteroatoms. The summed E-state index contributed by atoms with van der Waals surface area (Å²) in [6, 6.07) is 0. The van der Waals surface area contributed by atoms with Crippen molar-refractivity contribution in [2.24, 2.45) is 0 Å². The van der Waals surface area contributed by atoms with Gasteiger partial charge in [0.05, 0.1) is 6.61 Å². The maximum Gasteiger partial charge on any atom is 0.306 e. The van der Waals surface area contributed by atoms with Gasteiger partial charge < -0.3 is 14.6 Å². The molecular weight excluding hydrogens is 909 g/mol. The zero-order valence-corrected chi connectivity index (χ0v) is 49.1. The number of ether oxygens (including phenoxy) is 2. The van der Waals surface area contributed by atoms with Gasteiger partial charge in [-0.1, -0.05) is 324 Å². The van der Waals surface area contributed by atoms with Gasteiger partial charge in [-0.15, -0.1) is 0 Å². The van der Waals surface area contributed by atoms with Gasteiger partial charge in [-0.2, -0.15) is 0 Å². The number of carbonyl (C=O) groups excluding carboxylic acids is 2. The van der Waals surface area contributed by atoms with E-state index in [9.17, 15) is 14.7 Å². The summed E-state index contributed by atoms with van der Waals surface area (Å²) >= 11 is 0. The number of aliphatic hydroxyl groups excluding tert-OH is 1. The van der Waals surface area contributed by atoms with Crippen molar-refractivity contribution >= 4 is 11.9 Å². The number of carbonyl (C=O) groups is 2. The summed E-state index contributed by atoms with van der Waals surface area (Å²) in [5.41, 5.74) is 0. The van der Waals surface area contributed by atoms with Gasteiger partial charge in [-0.05, 0) is 70.6 Å². The van der Waals surface area contributed by atoms with Gasteiger partial charge in [-0.25, -0.2) is 0 Å². The van der Waals surface area contributed by atoms with Crippen molar-refractivity contribution in [3.05, 3.63) is 85.1 Å². The van der Waals surface area contributed by atoms with E-state index in [0.29, 0.717) is 12.8 Å². The normalized spacial score (nSPS) is 12.7. The molecule has 428 valence electrons. The molecule has 0 saturated carbocycles. The average molecular weight is 1030 g/mol. The van der Waals surface area contributed by atoms with Crippen molar-refractivity contribution in [3.8, 4) is 0 Å². The zero-order chi connectivity index (χ0) is 53.4. The van der Waals surface area contributed by atoms with Gasteiger partial charge in [0.2, 0.25) is 0 Å². The quantitative estimate of drug-likeness (QED) is 0.0373. The lowest BCUT2D eigenvalue weighted by Crippen LogP contribution is -2.28. The van der Waals surface area contributed by atoms with Crippen LogP contribution in [0.1, 0.15) is 322 Å². The monoisotopic (exact) mass is 1030 g/mol. The number of esters is 2. The fourth-order valence-electron chi connectivity index (χ4n) is 9.42. The molecule has 0 aromatic carbocycles. The Bertz CT molecular complexity index is 1350. The molecule has 0 spiro atoms. The van der Waals surface area contributed by atoms with Gasteiger partial charge in [0, 0.05) is 12.8 Å². The van der Waals surface area contributed by atoms with E-state index in [2.05, 4.69) is 98.9 Å². The van der Waals surface area contributed by atoms with E-state index in [-0.39, 0.29) is 25.2 Å². The number of unbranched alkanes of at least 4 members (excludes halogenated alkanes) is 37. The van der Waals surface area contributed by atoms with Gasteiger partial charge in [0.1, 0.15) is 6.61 Å². The van der Waals surface area contributed by atoms with Gasteiger partial charge in [0.25, 0.3) is 0 Å². The Morgan fingerprint density at radius 1 is 0.324 bits per heavy atom. The molecule has 0 aliphatic carbocycles. The molecule has 0 rings (SSSR count). The van der Waals surface area contributed by atoms with Crippen LogP contribution in [0.2, 0.25) is 0 Å². The molecule has 5 nitrogen and oxygen atoms in total. The van der Waals surface area contributed by atoms with Crippen LogP contribution in [0.5, 0.6) is 0 Å². The van der Waals surface area contributed by atoms with Crippen LogP contribution < -0.4 is 0 Å². The number of allylic oxidation sites excluding steroid dienone is 14. The summed E-state index contributed by atoms with van der Waals surface area (Å²) in [7, 11) is 0. The molecule has 0 fully saturated rings. The fourth-order valence-corrected chi connectivity index (χ4v) is 9.42. The smallest absolute Gasteiger partial charge is 0.306 e. The predicted octanol–water partition coefficient (Wildman–Crippen LogP) is 22.1. The molecule has 0 aliphatic heterocycles. The summed E-state index contributed by atoms with van der Waals surface area (Å²) < 4.78 is 10.7. The Hall–Kier alpha value is -2.92. The summed E-state index contributed by atoms with van der Waals surface area (Å²) in [5.74, 6) is -0.594. The highest BCUT2D eigenvalue weighted by atomic mass is 16.6. The van der Waals surface area contributed by atoms with E-state index in [0.717, 1.165) is 89.9 Å². The minimum absolute atomic E-state index is 0.0711. The average Bonchev–Trinajstić information content (AvgIpc) is 3.40. The lowest BCUT2D eigenvalue weighted by atomic mass is 10.0. The molecule has 0 saturated heterocycles. The molecule has 74 heavy (non-hydrogen) atoms. The highest BCUT2D eigenvalue weighted by Gasteiger charge is 2.16. The largest absolute Gasteiger partial charge is 0.462 e. The molecule has 1 atom stereocenters. The third-order valence-electron chi connectivity index (χ3n) is 14.2. The second-order valence-electron chi connectivity index (χ2n) is 21.5. The molecule has 0 aromatic heterocycles. The summed E-state index contributed by atoms with van der Waals surface area (Å²) in [4.78, 5) is 24.6. The Morgan fingerprint density at radius 3 is 0.878 bits per heavy atom. The maximum atomic E-state index is 12.3. The first-order valence-electron chi connectivity index (χ1n) is 32.1. The van der Waals surface area contributed by atoms with Crippen LogP contribution >= 0.6 is 0 Å². The number of aliphatic hydroxyl groups is 1. The van der Waals surface area contributed by atoms with Gasteiger partial charge >= 0.3 is 11.9 Å². The third-order valence-corrected chi connectivity index (χ3v) is 14.2. The van der Waals surface area contributed by atoms with Crippen molar-refractivity contribution in [1.82, 2.24) is 0 Å². The third kappa shape index (κ3) is 61.6. The van der Waals surface area contributed by atoms with Crippen LogP contribution in [0.25, 0.3) is 0 Å². The predicted molar refractivity (Wildman–Crippen MR) is 325 cm³/mol. The highest BCUT2D eigenvalue weighted by molar-refractivity contribution is 5.70. The van der Waals surface area contributed by atoms with E-state index in [1.807, 2.05) is 0 Å². The van der Waals surface area contributed by atoms with Crippen molar-refractivity contribution in [2.75, 3.05) is 13.2 Å². The zero-order valence-electron chi connectivity index (χ0n) is 49.1. The van der Waals surface area contributed by atoms with E-state index in [1.165, 1.54) is 205 Å². The lowest BCUT2D eigenvalue weighted by Gasteiger charge is -2.15. The second-order valence-corrected chi connectivity index (χ2v) is 21.5. The van der Waals surface area contributed by atoms with E-state index in [4.69, 9.17) is 9.47 Å². The van der Waals surface area contributed by atoms with E-state index in [1.54, 1.807) is 0 Å². The van der Waals surface area contributed by atoms with Gasteiger partial charge in [-0.3, -0.25) is 9.59 Å². The first-order valence-corrected chi connectivity index (χ1v) is 32.1. The van der Waals surface area contributed by atoms with Gasteiger partial charge in [0.15, 0.2) is 6.10 Å². The van der Waals surface area contributed by atoms with Crippen molar-refractivity contribution < 1.29 is 24.2 Å². The Balaban J connectivity index is 3.48. The molecule has 0 amide bonds. The topological polar surface area (TPSA) is 72.8 Å². The first-order chi connectivity index (χ1) is 36.6. The SMILES string of the molecule is CC/C=C\C/C=C\C/C=C\C/C=C\C/C=C\C/C=C\C/C=C\CCCCCCCCCC(=O)OC(CO)COC(=O)CCCCCCCCCCCCCCCCCCCCCCCCCCCCCCCCC. The molecule has 0 heterocycles. The summed E-state index contributed by atoms with van der Waals surface area (Å²) in [5, 5.41) is 9.68. The minimum Gasteiger partial charge on any atom is -0.462 e. The summed E-state index contributed by atoms with van der Waals surface area (Å²) in [6.07, 6.45) is 90.2. The minimum atomic E-state index is -0.783.